The fraction of sp³-hybridized carbons (Fsp3) is 0.387. The van der Waals surface area contributed by atoms with Gasteiger partial charge >= 0.3 is 11.7 Å². The number of hydrogen-bond acceptors (Lipinski definition) is 10. The van der Waals surface area contributed by atoms with Gasteiger partial charge in [0.1, 0.15) is 28.9 Å². The molecule has 1 saturated heterocycles. The average Bonchev–Trinajstić information content (AvgIpc) is 2.91. The number of aliphatic hydroxyl groups is 1. The van der Waals surface area contributed by atoms with Crippen molar-refractivity contribution in [2.75, 3.05) is 0 Å². The normalized spacial score (nSPS) is 21.5. The third kappa shape index (κ3) is 6.42. The number of primary amides is 1. The Morgan fingerprint density at radius 1 is 1.12 bits per heavy atom. The lowest BCUT2D eigenvalue weighted by Gasteiger charge is -2.47. The third-order valence-corrected chi connectivity index (χ3v) is 7.54. The molecule has 1 fully saturated rings. The molecule has 0 aliphatic carbocycles. The van der Waals surface area contributed by atoms with Crippen molar-refractivity contribution < 1.29 is 43.5 Å². The number of rotatable bonds is 8. The Balaban J connectivity index is 1.58. The van der Waals surface area contributed by atoms with E-state index >= 15 is 0 Å². The molecule has 0 saturated carbocycles. The van der Waals surface area contributed by atoms with Gasteiger partial charge < -0.3 is 39.7 Å². The molecule has 4 rings (SSSR count). The molecule has 224 valence electrons. The van der Waals surface area contributed by atoms with Crippen LogP contribution in [-0.4, -0.2) is 51.3 Å². The second-order valence-electron chi connectivity index (χ2n) is 11.2. The minimum absolute atomic E-state index is 0.0253. The van der Waals surface area contributed by atoms with Gasteiger partial charge in [-0.2, -0.15) is 0 Å². The smallest absolute Gasteiger partial charge is 0.404 e. The number of fused-ring (bicyclic) bond motifs is 1. The van der Waals surface area contributed by atoms with Crippen molar-refractivity contribution in [1.29, 1.82) is 0 Å². The first-order valence-corrected chi connectivity index (χ1v) is 13.4. The molecule has 1 aliphatic rings. The van der Waals surface area contributed by atoms with Gasteiger partial charge in [0.2, 0.25) is 6.29 Å². The Bertz CT molecular complexity index is 1600. The van der Waals surface area contributed by atoms with Crippen molar-refractivity contribution >= 4 is 22.8 Å². The summed E-state index contributed by atoms with van der Waals surface area (Å²) in [6, 6.07) is 8.67. The maximum absolute atomic E-state index is 13.0. The van der Waals surface area contributed by atoms with E-state index in [1.165, 1.54) is 30.3 Å². The van der Waals surface area contributed by atoms with E-state index in [0.717, 1.165) is 5.57 Å². The number of aliphatic hydroxyl groups excluding tert-OH is 1. The Morgan fingerprint density at radius 2 is 1.83 bits per heavy atom. The van der Waals surface area contributed by atoms with Gasteiger partial charge in [-0.3, -0.25) is 4.79 Å². The zero-order valence-electron chi connectivity index (χ0n) is 24.0. The van der Waals surface area contributed by atoms with E-state index in [4.69, 9.17) is 24.4 Å². The monoisotopic (exact) mass is 581 g/mol. The minimum atomic E-state index is -1.38. The summed E-state index contributed by atoms with van der Waals surface area (Å²) in [6.45, 7) is 9.09. The largest absolute Gasteiger partial charge is 0.508 e. The van der Waals surface area contributed by atoms with Crippen molar-refractivity contribution in [2.45, 2.75) is 71.6 Å². The van der Waals surface area contributed by atoms with E-state index in [-0.39, 0.29) is 33.6 Å². The van der Waals surface area contributed by atoms with E-state index in [9.17, 15) is 29.7 Å². The van der Waals surface area contributed by atoms with Gasteiger partial charge in [-0.15, -0.1) is 0 Å². The average molecular weight is 582 g/mol. The van der Waals surface area contributed by atoms with Crippen molar-refractivity contribution in [1.82, 2.24) is 0 Å². The van der Waals surface area contributed by atoms with Crippen molar-refractivity contribution in [3.8, 4) is 17.2 Å². The second kappa shape index (κ2) is 11.9. The van der Waals surface area contributed by atoms with Crippen LogP contribution >= 0.6 is 0 Å². The number of hydrogen-bond donors (Lipinski definition) is 4. The highest BCUT2D eigenvalue weighted by Crippen LogP contribution is 2.37. The van der Waals surface area contributed by atoms with Crippen LogP contribution in [0.2, 0.25) is 0 Å². The Kier molecular flexibility index (Phi) is 8.65. The van der Waals surface area contributed by atoms with Gasteiger partial charge in [0.15, 0.2) is 11.9 Å². The molecule has 11 heteroatoms. The number of phenols is 1. The molecule has 4 atom stereocenters. The summed E-state index contributed by atoms with van der Waals surface area (Å²) in [7, 11) is 0. The standard InChI is InChI=1S/C31H35NO10/c1-15(2)6-7-17-12-18(8-11-22(17)33)23(34)14-21-25(35)20-10-9-19(13-24(20)40-28(21)37)39-29-26(36)27(41-30(32)38)16(3)31(4,5)42-29/h6,8-13,16,26-27,29,33,35-36H,7,14H2,1-5H3,(H2,32,38)/t16-,26+,27+,29?/m1/s1. The van der Waals surface area contributed by atoms with Crippen LogP contribution in [0, 0.1) is 5.92 Å². The molecular weight excluding hydrogens is 546 g/mol. The molecule has 5 N–H and O–H groups in total. The maximum Gasteiger partial charge on any atom is 0.404 e. The number of ether oxygens (including phenoxy) is 3. The summed E-state index contributed by atoms with van der Waals surface area (Å²) >= 11 is 0. The minimum Gasteiger partial charge on any atom is -0.508 e. The first kappa shape index (κ1) is 30.6. The van der Waals surface area contributed by atoms with Crippen LogP contribution in [-0.2, 0) is 22.3 Å². The first-order valence-electron chi connectivity index (χ1n) is 13.4. The lowest BCUT2D eigenvalue weighted by molar-refractivity contribution is -0.283. The number of carbonyl (C=O) groups excluding carboxylic acids is 2. The number of aromatic hydroxyl groups is 2. The third-order valence-electron chi connectivity index (χ3n) is 7.54. The molecule has 3 aromatic rings. The Labute approximate surface area is 242 Å². The highest BCUT2D eigenvalue weighted by molar-refractivity contribution is 5.99. The molecular formula is C31H35NO10. The summed E-state index contributed by atoms with van der Waals surface area (Å²) in [5.74, 6) is -1.09. The van der Waals surface area contributed by atoms with E-state index in [1.807, 2.05) is 19.9 Å². The predicted molar refractivity (Wildman–Crippen MR) is 153 cm³/mol. The van der Waals surface area contributed by atoms with E-state index in [2.05, 4.69) is 0 Å². The van der Waals surface area contributed by atoms with Gasteiger partial charge in [0, 0.05) is 24.0 Å². The number of amides is 1. The topological polar surface area (TPSA) is 179 Å². The molecule has 0 spiro atoms. The highest BCUT2D eigenvalue weighted by Gasteiger charge is 2.50. The van der Waals surface area contributed by atoms with Crippen LogP contribution in [0.4, 0.5) is 4.79 Å². The molecule has 1 aromatic heterocycles. The summed E-state index contributed by atoms with van der Waals surface area (Å²) in [6.07, 6.45) is -2.77. The van der Waals surface area contributed by atoms with Gasteiger partial charge in [-0.05, 0) is 70.0 Å². The summed E-state index contributed by atoms with van der Waals surface area (Å²) < 4.78 is 22.3. The van der Waals surface area contributed by atoms with E-state index in [0.29, 0.717) is 12.0 Å². The number of ketones is 1. The molecule has 2 heterocycles. The Hall–Kier alpha value is -4.35. The highest BCUT2D eigenvalue weighted by atomic mass is 16.7. The molecule has 2 aromatic carbocycles. The molecule has 0 radical (unpaired) electrons. The molecule has 1 aliphatic heterocycles. The van der Waals surface area contributed by atoms with Crippen LogP contribution in [0.15, 0.2) is 57.3 Å². The fourth-order valence-corrected chi connectivity index (χ4v) is 4.79. The van der Waals surface area contributed by atoms with Gasteiger partial charge in [0.05, 0.1) is 16.6 Å². The van der Waals surface area contributed by atoms with E-state index in [1.54, 1.807) is 26.8 Å². The number of Topliss-reactive ketones (excluding diaryl/α,β-unsaturated/α-hetero) is 1. The summed E-state index contributed by atoms with van der Waals surface area (Å²) in [5.41, 5.74) is 5.05. The van der Waals surface area contributed by atoms with Crippen molar-refractivity contribution in [2.24, 2.45) is 11.7 Å². The molecule has 1 amide bonds. The Morgan fingerprint density at radius 3 is 2.50 bits per heavy atom. The maximum atomic E-state index is 13.0. The number of nitrogens with two attached hydrogens (primary N) is 1. The van der Waals surface area contributed by atoms with E-state index < -0.39 is 59.7 Å². The molecule has 42 heavy (non-hydrogen) atoms. The summed E-state index contributed by atoms with van der Waals surface area (Å²) in [4.78, 5) is 37.3. The number of allylic oxidation sites excluding steroid dienone is 2. The first-order chi connectivity index (χ1) is 19.7. The van der Waals surface area contributed by atoms with Gasteiger partial charge in [-0.25, -0.2) is 9.59 Å². The molecule has 11 nitrogen and oxygen atoms in total. The van der Waals surface area contributed by atoms with Crippen LogP contribution in [0.5, 0.6) is 17.2 Å². The predicted octanol–water partition coefficient (Wildman–Crippen LogP) is 4.11. The second-order valence-corrected chi connectivity index (χ2v) is 11.2. The quantitative estimate of drug-likeness (QED) is 0.172. The van der Waals surface area contributed by atoms with Crippen molar-refractivity contribution in [3.05, 3.63) is 75.2 Å². The molecule has 0 bridgehead atoms. The number of benzene rings is 2. The van der Waals surface area contributed by atoms with Crippen LogP contribution in [0.3, 0.4) is 0 Å². The molecule has 1 unspecified atom stereocenters. The van der Waals surface area contributed by atoms with Gasteiger partial charge in [0.25, 0.3) is 0 Å². The van der Waals surface area contributed by atoms with Crippen LogP contribution in [0.1, 0.15) is 56.1 Å². The number of carbonyl (C=O) groups is 2. The SMILES string of the molecule is CC(C)=CCc1cc(C(=O)Cc2c(O)c3ccc(OC4OC(C)(C)[C@H](C)[C@H](OC(N)=O)[C@@H]4O)cc3oc2=O)ccc1O. The van der Waals surface area contributed by atoms with Crippen LogP contribution in [0.25, 0.3) is 11.0 Å². The zero-order chi connectivity index (χ0) is 30.9. The zero-order valence-corrected chi connectivity index (χ0v) is 24.0. The van der Waals surface area contributed by atoms with Crippen LogP contribution < -0.4 is 16.1 Å². The summed E-state index contributed by atoms with van der Waals surface area (Å²) in [5, 5.41) is 32.0. The van der Waals surface area contributed by atoms with Gasteiger partial charge in [-0.1, -0.05) is 18.6 Å². The van der Waals surface area contributed by atoms with Crippen molar-refractivity contribution in [3.63, 3.8) is 0 Å². The lowest BCUT2D eigenvalue weighted by atomic mass is 9.82. The lowest BCUT2D eigenvalue weighted by Crippen LogP contribution is -2.60. The number of phenolic OH excluding ortho intramolecular Hbond substituents is 1. The fourth-order valence-electron chi connectivity index (χ4n) is 4.79.